The molecule has 1 nitrogen and oxygen atoms in total. The molecular formula is C5H11BF3OS-. The van der Waals surface area contributed by atoms with Gasteiger partial charge in [0.05, 0.1) is 6.61 Å². The Bertz CT molecular complexity index is 98.2. The fourth-order valence-corrected chi connectivity index (χ4v) is 1.00. The highest BCUT2D eigenvalue weighted by Crippen LogP contribution is 2.08. The maximum absolute atomic E-state index is 11.5. The maximum atomic E-state index is 11.5. The van der Waals surface area contributed by atoms with E-state index in [4.69, 9.17) is 0 Å². The number of hydrogen-bond donors (Lipinski definition) is 0. The van der Waals surface area contributed by atoms with Gasteiger partial charge in [-0.1, -0.05) is 6.92 Å². The third-order valence-corrected chi connectivity index (χ3v) is 1.75. The molecule has 11 heavy (non-hydrogen) atoms. The molecule has 0 amide bonds. The van der Waals surface area contributed by atoms with Gasteiger partial charge in [0.15, 0.2) is 0 Å². The van der Waals surface area contributed by atoms with Gasteiger partial charge in [0.1, 0.15) is 0 Å². The Hall–Kier alpha value is 0.165. The summed E-state index contributed by atoms with van der Waals surface area (Å²) < 4.78 is 38.9. The van der Waals surface area contributed by atoms with Crippen molar-refractivity contribution in [1.29, 1.82) is 0 Å². The molecule has 0 aliphatic rings. The van der Waals surface area contributed by atoms with E-state index in [9.17, 15) is 12.9 Å². The molecule has 0 bridgehead atoms. The molecule has 0 aliphatic heterocycles. The lowest BCUT2D eigenvalue weighted by atomic mass is 9.95. The molecule has 0 aliphatic carbocycles. The van der Waals surface area contributed by atoms with Gasteiger partial charge in [-0.2, -0.15) is 11.8 Å². The fourth-order valence-electron chi connectivity index (χ4n) is 0.479. The van der Waals surface area contributed by atoms with E-state index in [0.29, 0.717) is 5.75 Å². The number of ether oxygens (including phenoxy) is 1. The fraction of sp³-hybridized carbons (Fsp3) is 1.00. The maximum Gasteiger partial charge on any atom is 0.503 e. The Labute approximate surface area is 68.7 Å². The average molecular weight is 187 g/mol. The Balaban J connectivity index is 3.02. The van der Waals surface area contributed by atoms with Crippen molar-refractivity contribution < 1.29 is 17.7 Å². The van der Waals surface area contributed by atoms with Crippen molar-refractivity contribution in [3.05, 3.63) is 0 Å². The summed E-state index contributed by atoms with van der Waals surface area (Å²) in [5.74, 6) is 1.56. The summed E-state index contributed by atoms with van der Waals surface area (Å²) in [7, 11) is 0. The van der Waals surface area contributed by atoms with Crippen LogP contribution in [-0.4, -0.2) is 31.6 Å². The van der Waals surface area contributed by atoms with Crippen LogP contribution in [0.5, 0.6) is 0 Å². The van der Waals surface area contributed by atoms with Crippen LogP contribution in [0.25, 0.3) is 0 Å². The summed E-state index contributed by atoms with van der Waals surface area (Å²) in [5.41, 5.74) is 0. The summed E-state index contributed by atoms with van der Waals surface area (Å²) in [4.78, 5) is 0. The molecule has 0 spiro atoms. The third-order valence-electron chi connectivity index (χ3n) is 0.883. The molecule has 0 N–H and O–H groups in total. The molecule has 0 radical (unpaired) electrons. The highest BCUT2D eigenvalue weighted by Gasteiger charge is 2.22. The van der Waals surface area contributed by atoms with Crippen molar-refractivity contribution in [2.45, 2.75) is 6.92 Å². The summed E-state index contributed by atoms with van der Waals surface area (Å²) >= 11 is 1.57. The van der Waals surface area contributed by atoms with E-state index >= 15 is 0 Å². The lowest BCUT2D eigenvalue weighted by molar-refractivity contribution is 0.166. The van der Waals surface area contributed by atoms with E-state index in [-0.39, 0.29) is 6.61 Å². The van der Waals surface area contributed by atoms with Crippen LogP contribution >= 0.6 is 11.8 Å². The first-order chi connectivity index (χ1) is 5.06. The largest absolute Gasteiger partial charge is 0.503 e. The molecule has 0 unspecified atom stereocenters. The molecule has 6 heteroatoms. The predicted octanol–water partition coefficient (Wildman–Crippen LogP) is 2.14. The Morgan fingerprint density at radius 3 is 2.45 bits per heavy atom. The number of thioether (sulfide) groups is 1. The van der Waals surface area contributed by atoms with Crippen LogP contribution in [-0.2, 0) is 4.74 Å². The Kier molecular flexibility index (Phi) is 5.86. The molecule has 0 aromatic carbocycles. The van der Waals surface area contributed by atoms with E-state index in [0.717, 1.165) is 5.75 Å². The minimum Gasteiger partial charge on any atom is -0.447 e. The second-order valence-corrected chi connectivity index (χ2v) is 3.38. The molecule has 0 rings (SSSR count). The van der Waals surface area contributed by atoms with Gasteiger partial charge in [-0.05, 0) is 5.75 Å². The first kappa shape index (κ1) is 11.2. The minimum absolute atomic E-state index is 0.194. The SMILES string of the molecule is CCSCCOC[B-](F)(F)F. The number of hydrogen-bond acceptors (Lipinski definition) is 2. The van der Waals surface area contributed by atoms with E-state index < -0.39 is 13.5 Å². The number of rotatable bonds is 6. The van der Waals surface area contributed by atoms with Gasteiger partial charge >= 0.3 is 6.98 Å². The summed E-state index contributed by atoms with van der Waals surface area (Å²) in [6.45, 7) is -3.67. The molecule has 0 aromatic heterocycles. The van der Waals surface area contributed by atoms with Crippen LogP contribution in [0.15, 0.2) is 0 Å². The van der Waals surface area contributed by atoms with Crippen molar-refractivity contribution in [2.24, 2.45) is 0 Å². The Morgan fingerprint density at radius 1 is 1.36 bits per heavy atom. The predicted molar refractivity (Wildman–Crippen MR) is 42.9 cm³/mol. The van der Waals surface area contributed by atoms with E-state index in [1.807, 2.05) is 6.92 Å². The summed E-state index contributed by atoms with van der Waals surface area (Å²) in [6.07, 6.45) is 0. The summed E-state index contributed by atoms with van der Waals surface area (Å²) in [5, 5.41) is 0. The molecular weight excluding hydrogens is 176 g/mol. The average Bonchev–Trinajstić information content (AvgIpc) is 1.85. The van der Waals surface area contributed by atoms with Crippen molar-refractivity contribution in [1.82, 2.24) is 0 Å². The normalized spacial score (nSPS) is 12.0. The Morgan fingerprint density at radius 2 is 2.00 bits per heavy atom. The zero-order valence-electron chi connectivity index (χ0n) is 6.36. The van der Waals surface area contributed by atoms with Gasteiger partial charge in [-0.25, -0.2) is 0 Å². The van der Waals surface area contributed by atoms with E-state index in [2.05, 4.69) is 4.74 Å². The number of halogens is 3. The van der Waals surface area contributed by atoms with Gasteiger partial charge in [0, 0.05) is 12.3 Å². The first-order valence-electron chi connectivity index (χ1n) is 3.42. The van der Waals surface area contributed by atoms with Crippen LogP contribution in [0, 0.1) is 0 Å². The van der Waals surface area contributed by atoms with Gasteiger partial charge in [0.25, 0.3) is 0 Å². The van der Waals surface area contributed by atoms with Crippen LogP contribution < -0.4 is 0 Å². The van der Waals surface area contributed by atoms with Crippen molar-refractivity contribution >= 4 is 18.7 Å². The van der Waals surface area contributed by atoms with Gasteiger partial charge in [-0.3, -0.25) is 0 Å². The molecule has 0 heterocycles. The highest BCUT2D eigenvalue weighted by atomic mass is 32.2. The van der Waals surface area contributed by atoms with Crippen molar-refractivity contribution in [3.8, 4) is 0 Å². The van der Waals surface area contributed by atoms with Crippen molar-refractivity contribution in [3.63, 3.8) is 0 Å². The highest BCUT2D eigenvalue weighted by molar-refractivity contribution is 7.99. The summed E-state index contributed by atoms with van der Waals surface area (Å²) in [6, 6.07) is 0. The van der Waals surface area contributed by atoms with Crippen LogP contribution in [0.2, 0.25) is 0 Å². The van der Waals surface area contributed by atoms with E-state index in [1.165, 1.54) is 0 Å². The van der Waals surface area contributed by atoms with Gasteiger partial charge < -0.3 is 17.7 Å². The first-order valence-corrected chi connectivity index (χ1v) is 4.58. The topological polar surface area (TPSA) is 9.23 Å². The van der Waals surface area contributed by atoms with Crippen LogP contribution in [0.3, 0.4) is 0 Å². The zero-order valence-corrected chi connectivity index (χ0v) is 7.17. The van der Waals surface area contributed by atoms with Crippen LogP contribution in [0.1, 0.15) is 6.92 Å². The molecule has 0 saturated carbocycles. The van der Waals surface area contributed by atoms with Crippen molar-refractivity contribution in [2.75, 3.05) is 24.6 Å². The molecule has 0 fully saturated rings. The molecule has 0 aromatic rings. The lowest BCUT2D eigenvalue weighted by Crippen LogP contribution is -2.24. The third kappa shape index (κ3) is 10.2. The lowest BCUT2D eigenvalue weighted by Gasteiger charge is -2.13. The standard InChI is InChI=1S/C5H11BF3OS/c1-2-11-4-3-10-5-6(7,8)9/h2-5H2,1H3/q-1. The zero-order chi connectivity index (χ0) is 8.74. The second-order valence-electron chi connectivity index (χ2n) is 1.98. The molecule has 0 saturated heterocycles. The van der Waals surface area contributed by atoms with Gasteiger partial charge in [0.2, 0.25) is 0 Å². The quantitative estimate of drug-likeness (QED) is 0.465. The minimum atomic E-state index is -4.75. The second kappa shape index (κ2) is 5.77. The molecule has 0 atom stereocenters. The molecule has 68 valence electrons. The van der Waals surface area contributed by atoms with E-state index in [1.54, 1.807) is 11.8 Å². The van der Waals surface area contributed by atoms with Crippen LogP contribution in [0.4, 0.5) is 12.9 Å². The smallest absolute Gasteiger partial charge is 0.447 e. The monoisotopic (exact) mass is 187 g/mol. The van der Waals surface area contributed by atoms with Gasteiger partial charge in [-0.15, -0.1) is 0 Å².